The molecule has 1 N–H and O–H groups in total. The first-order valence-electron chi connectivity index (χ1n) is 11.0. The molecule has 0 bridgehead atoms. The summed E-state index contributed by atoms with van der Waals surface area (Å²) in [6.45, 7) is 3.18. The zero-order valence-corrected chi connectivity index (χ0v) is 20.9. The molecule has 0 radical (unpaired) electrons. The molecule has 0 unspecified atom stereocenters. The van der Waals surface area contributed by atoms with E-state index in [1.54, 1.807) is 13.2 Å². The molecule has 192 valence electrons. The lowest BCUT2D eigenvalue weighted by Gasteiger charge is -2.13. The third-order valence-corrected chi connectivity index (χ3v) is 6.64. The number of anilines is 1. The third-order valence-electron chi connectivity index (χ3n) is 5.74. The van der Waals surface area contributed by atoms with E-state index >= 15 is 0 Å². The summed E-state index contributed by atoms with van der Waals surface area (Å²) in [5.41, 5.74) is 2.37. The van der Waals surface area contributed by atoms with Gasteiger partial charge in [0.05, 0.1) is 17.6 Å². The zero-order valence-electron chi connectivity index (χ0n) is 20.1. The zero-order chi connectivity index (χ0) is 26.9. The predicted molar refractivity (Wildman–Crippen MR) is 135 cm³/mol. The van der Waals surface area contributed by atoms with Crippen molar-refractivity contribution in [1.82, 2.24) is 9.47 Å². The minimum absolute atomic E-state index is 0.0895. The SMILES string of the molecule is COc1ccc(-n2c(C)cc(/C=C3\SC(=O)N(CC(=O)Nc4cccc(C(F)(F)F)c4)C3=O)c2C)cc1. The number of rotatable bonds is 6. The third kappa shape index (κ3) is 5.56. The molecule has 0 atom stereocenters. The van der Waals surface area contributed by atoms with E-state index in [9.17, 15) is 27.6 Å². The molecule has 2 aromatic carbocycles. The average molecular weight is 530 g/mol. The Morgan fingerprint density at radius 2 is 1.78 bits per heavy atom. The number of benzene rings is 2. The van der Waals surface area contributed by atoms with Crippen LogP contribution in [0.25, 0.3) is 11.8 Å². The molecular weight excluding hydrogens is 507 g/mol. The maximum atomic E-state index is 12.9. The molecule has 0 saturated carbocycles. The van der Waals surface area contributed by atoms with Gasteiger partial charge < -0.3 is 14.6 Å². The van der Waals surface area contributed by atoms with Crippen molar-refractivity contribution in [3.8, 4) is 11.4 Å². The summed E-state index contributed by atoms with van der Waals surface area (Å²) < 4.78 is 45.9. The Kier molecular flexibility index (Phi) is 7.17. The van der Waals surface area contributed by atoms with E-state index in [0.29, 0.717) is 11.8 Å². The van der Waals surface area contributed by atoms with Gasteiger partial charge in [-0.2, -0.15) is 13.2 Å². The largest absolute Gasteiger partial charge is 0.497 e. The number of hydrogen-bond acceptors (Lipinski definition) is 5. The average Bonchev–Trinajstić information content (AvgIpc) is 3.27. The number of carbonyl (C=O) groups is 3. The number of methoxy groups -OCH3 is 1. The molecule has 1 aliphatic heterocycles. The lowest BCUT2D eigenvalue weighted by Crippen LogP contribution is -2.36. The first-order chi connectivity index (χ1) is 17.5. The molecule has 1 saturated heterocycles. The molecule has 7 nitrogen and oxygen atoms in total. The number of imide groups is 1. The molecule has 4 rings (SSSR count). The predicted octanol–water partition coefficient (Wildman–Crippen LogP) is 5.80. The number of thioether (sulfide) groups is 1. The topological polar surface area (TPSA) is 80.6 Å². The molecule has 0 spiro atoms. The van der Waals surface area contributed by atoms with Gasteiger partial charge in [0, 0.05) is 22.8 Å². The Morgan fingerprint density at radius 3 is 2.43 bits per heavy atom. The summed E-state index contributed by atoms with van der Waals surface area (Å²) in [5, 5.41) is 1.67. The van der Waals surface area contributed by atoms with E-state index in [-0.39, 0.29) is 10.6 Å². The second-order valence-corrected chi connectivity index (χ2v) is 9.25. The van der Waals surface area contributed by atoms with Crippen LogP contribution in [0, 0.1) is 13.8 Å². The fourth-order valence-electron chi connectivity index (χ4n) is 3.96. The first kappa shape index (κ1) is 26.1. The lowest BCUT2D eigenvalue weighted by molar-refractivity contribution is -0.137. The van der Waals surface area contributed by atoms with Crippen molar-refractivity contribution < 1.29 is 32.3 Å². The van der Waals surface area contributed by atoms with Crippen molar-refractivity contribution in [3.63, 3.8) is 0 Å². The van der Waals surface area contributed by atoms with Gasteiger partial charge in [-0.15, -0.1) is 0 Å². The van der Waals surface area contributed by atoms with Gasteiger partial charge in [0.1, 0.15) is 12.3 Å². The number of aryl methyl sites for hydroxylation is 1. The van der Waals surface area contributed by atoms with Gasteiger partial charge in [0.25, 0.3) is 11.1 Å². The number of halogens is 3. The van der Waals surface area contributed by atoms with Crippen LogP contribution in [-0.2, 0) is 15.8 Å². The highest BCUT2D eigenvalue weighted by Crippen LogP contribution is 2.34. The van der Waals surface area contributed by atoms with E-state index < -0.39 is 35.3 Å². The van der Waals surface area contributed by atoms with E-state index in [1.165, 1.54) is 6.07 Å². The normalized spacial score (nSPS) is 15.0. The van der Waals surface area contributed by atoms with Crippen LogP contribution in [0.2, 0.25) is 0 Å². The standard InChI is InChI=1S/C26H22F3N3O4S/c1-15-11-17(16(2)32(15)20-7-9-21(36-3)10-8-20)12-22-24(34)31(25(35)37-22)14-23(33)30-19-6-4-5-18(13-19)26(27,28)29/h4-13H,14H2,1-3H3,(H,30,33)/b22-12-. The van der Waals surface area contributed by atoms with Gasteiger partial charge in [-0.3, -0.25) is 19.3 Å². The Hall–Kier alpha value is -3.99. The number of hydrogen-bond donors (Lipinski definition) is 1. The quantitative estimate of drug-likeness (QED) is 0.409. The Bertz CT molecular complexity index is 1410. The Labute approximate surface area is 214 Å². The van der Waals surface area contributed by atoms with E-state index in [2.05, 4.69) is 5.32 Å². The van der Waals surface area contributed by atoms with Crippen molar-refractivity contribution in [3.05, 3.63) is 82.0 Å². The number of nitrogens with zero attached hydrogens (tertiary/aromatic N) is 2. The number of amides is 3. The monoisotopic (exact) mass is 529 g/mol. The summed E-state index contributed by atoms with van der Waals surface area (Å²) in [5.74, 6) is -0.721. The number of ether oxygens (including phenoxy) is 1. The van der Waals surface area contributed by atoms with Crippen molar-refractivity contribution >= 4 is 40.6 Å². The maximum Gasteiger partial charge on any atom is 0.416 e. The summed E-state index contributed by atoms with van der Waals surface area (Å²) in [7, 11) is 1.58. The maximum absolute atomic E-state index is 12.9. The van der Waals surface area contributed by atoms with Gasteiger partial charge in [-0.1, -0.05) is 6.07 Å². The van der Waals surface area contributed by atoms with Crippen LogP contribution in [0.3, 0.4) is 0 Å². The van der Waals surface area contributed by atoms with E-state index in [4.69, 9.17) is 4.74 Å². The minimum Gasteiger partial charge on any atom is -0.497 e. The summed E-state index contributed by atoms with van der Waals surface area (Å²) in [6, 6.07) is 13.5. The Balaban J connectivity index is 1.50. The minimum atomic E-state index is -4.57. The Morgan fingerprint density at radius 1 is 1.08 bits per heavy atom. The van der Waals surface area contributed by atoms with Crippen molar-refractivity contribution in [2.24, 2.45) is 0 Å². The summed E-state index contributed by atoms with van der Waals surface area (Å²) >= 11 is 0.699. The lowest BCUT2D eigenvalue weighted by atomic mass is 10.2. The molecule has 37 heavy (non-hydrogen) atoms. The van der Waals surface area contributed by atoms with E-state index in [1.807, 2.05) is 48.7 Å². The van der Waals surface area contributed by atoms with Crippen LogP contribution in [0.1, 0.15) is 22.5 Å². The highest BCUT2D eigenvalue weighted by Gasteiger charge is 2.37. The number of carbonyl (C=O) groups excluding carboxylic acids is 3. The second kappa shape index (κ2) is 10.2. The van der Waals surface area contributed by atoms with Crippen LogP contribution in [-0.4, -0.2) is 40.2 Å². The molecule has 1 fully saturated rings. The molecule has 11 heteroatoms. The molecule has 3 aromatic rings. The van der Waals surface area contributed by atoms with Crippen LogP contribution >= 0.6 is 11.8 Å². The molecule has 0 aliphatic carbocycles. The van der Waals surface area contributed by atoms with Crippen molar-refractivity contribution in [1.29, 1.82) is 0 Å². The number of alkyl halides is 3. The van der Waals surface area contributed by atoms with Crippen molar-refractivity contribution in [2.45, 2.75) is 20.0 Å². The number of nitrogens with one attached hydrogen (secondary N) is 1. The fourth-order valence-corrected chi connectivity index (χ4v) is 4.79. The van der Waals surface area contributed by atoms with Crippen LogP contribution in [0.5, 0.6) is 5.75 Å². The second-order valence-electron chi connectivity index (χ2n) is 8.25. The summed E-state index contributed by atoms with van der Waals surface area (Å²) in [6.07, 6.45) is -2.97. The molecule has 3 amide bonds. The van der Waals surface area contributed by atoms with Crippen LogP contribution < -0.4 is 10.1 Å². The van der Waals surface area contributed by atoms with Gasteiger partial charge >= 0.3 is 6.18 Å². The van der Waals surface area contributed by atoms with Crippen LogP contribution in [0.15, 0.2) is 59.5 Å². The molecular formula is C26H22F3N3O4S. The molecule has 1 aliphatic rings. The number of aromatic nitrogens is 1. The van der Waals surface area contributed by atoms with Gasteiger partial charge in [-0.05, 0) is 85.8 Å². The van der Waals surface area contributed by atoms with Crippen LogP contribution in [0.4, 0.5) is 23.7 Å². The summed E-state index contributed by atoms with van der Waals surface area (Å²) in [4.78, 5) is 38.7. The first-order valence-corrected chi connectivity index (χ1v) is 11.9. The van der Waals surface area contributed by atoms with Gasteiger partial charge in [0.15, 0.2) is 0 Å². The smallest absolute Gasteiger partial charge is 0.416 e. The van der Waals surface area contributed by atoms with Crippen molar-refractivity contribution in [2.75, 3.05) is 19.0 Å². The van der Waals surface area contributed by atoms with Gasteiger partial charge in [-0.25, -0.2) is 0 Å². The molecule has 2 heterocycles. The van der Waals surface area contributed by atoms with Gasteiger partial charge in [0.2, 0.25) is 5.91 Å². The highest BCUT2D eigenvalue weighted by molar-refractivity contribution is 8.18. The molecule has 1 aromatic heterocycles. The highest BCUT2D eigenvalue weighted by atomic mass is 32.2. The fraction of sp³-hybridized carbons (Fsp3) is 0.192. The van der Waals surface area contributed by atoms with E-state index in [0.717, 1.165) is 51.5 Å².